The molecule has 2 N–H and O–H groups in total. The van der Waals surface area contributed by atoms with E-state index in [1.807, 2.05) is 30.5 Å². The monoisotopic (exact) mass is 312 g/mol. The van der Waals surface area contributed by atoms with Crippen molar-refractivity contribution in [1.82, 2.24) is 10.6 Å². The highest BCUT2D eigenvalue weighted by Gasteiger charge is 2.13. The molecule has 1 aromatic rings. The number of hydrogen-bond acceptors (Lipinski definition) is 5. The summed E-state index contributed by atoms with van der Waals surface area (Å²) in [6.07, 6.45) is 1.51. The highest BCUT2D eigenvalue weighted by Crippen LogP contribution is 2.19. The average molecular weight is 312 g/mol. The number of methoxy groups -OCH3 is 1. The first kappa shape index (κ1) is 17.8. The van der Waals surface area contributed by atoms with Gasteiger partial charge in [0.1, 0.15) is 5.75 Å². The first-order valence-electron chi connectivity index (χ1n) is 6.95. The van der Waals surface area contributed by atoms with Gasteiger partial charge in [0.25, 0.3) is 5.91 Å². The van der Waals surface area contributed by atoms with Crippen molar-refractivity contribution in [2.24, 2.45) is 0 Å². The van der Waals surface area contributed by atoms with E-state index in [9.17, 15) is 4.79 Å². The van der Waals surface area contributed by atoms with Gasteiger partial charge in [0.2, 0.25) is 0 Å². The second-order valence-electron chi connectivity index (χ2n) is 4.47. The maximum Gasteiger partial charge on any atom is 0.260 e. The fourth-order valence-corrected chi connectivity index (χ4v) is 2.04. The Morgan fingerprint density at radius 2 is 1.95 bits per heavy atom. The minimum atomic E-state index is -0.510. The van der Waals surface area contributed by atoms with Crippen molar-refractivity contribution in [2.45, 2.75) is 17.9 Å². The quantitative estimate of drug-likeness (QED) is 0.507. The molecule has 0 aromatic heterocycles. The number of ether oxygens (including phenoxy) is 2. The van der Waals surface area contributed by atoms with Crippen LogP contribution in [0.25, 0.3) is 0 Å². The number of amides is 1. The molecule has 5 nitrogen and oxygen atoms in total. The third-order valence-electron chi connectivity index (χ3n) is 2.83. The molecule has 21 heavy (non-hydrogen) atoms. The minimum Gasteiger partial charge on any atom is -0.481 e. The van der Waals surface area contributed by atoms with Gasteiger partial charge in [0.15, 0.2) is 6.10 Å². The third-order valence-corrected chi connectivity index (χ3v) is 3.57. The second kappa shape index (κ2) is 10.5. The Kier molecular flexibility index (Phi) is 8.89. The molecule has 6 heteroatoms. The van der Waals surface area contributed by atoms with Crippen LogP contribution in [0.3, 0.4) is 0 Å². The standard InChI is InChI=1S/C15H24N2O3S/c1-12(15(18)17-9-8-16-10-11-19-2)20-13-4-6-14(21-3)7-5-13/h4-7,12,16H,8-11H2,1-3H3,(H,17,18). The topological polar surface area (TPSA) is 59.6 Å². The second-order valence-corrected chi connectivity index (χ2v) is 5.35. The Bertz CT molecular complexity index is 412. The number of nitrogens with one attached hydrogen (secondary N) is 2. The van der Waals surface area contributed by atoms with Gasteiger partial charge in [-0.15, -0.1) is 11.8 Å². The van der Waals surface area contributed by atoms with Gasteiger partial charge in [-0.3, -0.25) is 4.79 Å². The lowest BCUT2D eigenvalue weighted by Crippen LogP contribution is -2.40. The van der Waals surface area contributed by atoms with Crippen LogP contribution in [-0.2, 0) is 9.53 Å². The number of carbonyl (C=O) groups excluding carboxylic acids is 1. The molecule has 0 radical (unpaired) electrons. The Morgan fingerprint density at radius 3 is 2.57 bits per heavy atom. The maximum atomic E-state index is 11.9. The van der Waals surface area contributed by atoms with E-state index in [1.165, 1.54) is 4.90 Å². The number of carbonyl (C=O) groups is 1. The van der Waals surface area contributed by atoms with Crippen LogP contribution in [0.5, 0.6) is 5.75 Å². The summed E-state index contributed by atoms with van der Waals surface area (Å²) in [7, 11) is 1.66. The Balaban J connectivity index is 2.23. The molecule has 0 spiro atoms. The number of thioether (sulfide) groups is 1. The van der Waals surface area contributed by atoms with Crippen molar-refractivity contribution in [3.05, 3.63) is 24.3 Å². The molecule has 0 aliphatic rings. The molecule has 0 saturated carbocycles. The molecule has 1 rings (SSSR count). The predicted octanol–water partition coefficient (Wildman–Crippen LogP) is 1.53. The summed E-state index contributed by atoms with van der Waals surface area (Å²) in [5, 5.41) is 5.99. The van der Waals surface area contributed by atoms with Crippen LogP contribution < -0.4 is 15.4 Å². The molecule has 0 saturated heterocycles. The molecule has 0 aliphatic heterocycles. The van der Waals surface area contributed by atoms with E-state index in [0.717, 1.165) is 6.54 Å². The third kappa shape index (κ3) is 7.36. The Labute approximate surface area is 130 Å². The molecule has 0 bridgehead atoms. The van der Waals surface area contributed by atoms with Gasteiger partial charge < -0.3 is 20.1 Å². The molecule has 0 heterocycles. The lowest BCUT2D eigenvalue weighted by atomic mass is 10.3. The minimum absolute atomic E-state index is 0.113. The van der Waals surface area contributed by atoms with E-state index in [0.29, 0.717) is 25.4 Å². The van der Waals surface area contributed by atoms with Crippen LogP contribution in [0.15, 0.2) is 29.2 Å². The number of rotatable bonds is 10. The van der Waals surface area contributed by atoms with Crippen LogP contribution in [0.4, 0.5) is 0 Å². The highest BCUT2D eigenvalue weighted by atomic mass is 32.2. The molecule has 0 aliphatic carbocycles. The maximum absolute atomic E-state index is 11.9. The summed E-state index contributed by atoms with van der Waals surface area (Å²) in [5.74, 6) is 0.589. The summed E-state index contributed by atoms with van der Waals surface area (Å²) in [4.78, 5) is 13.0. The van der Waals surface area contributed by atoms with E-state index < -0.39 is 6.10 Å². The van der Waals surface area contributed by atoms with Gasteiger partial charge in [0, 0.05) is 31.6 Å². The molecule has 118 valence electrons. The van der Waals surface area contributed by atoms with Crippen molar-refractivity contribution in [1.29, 1.82) is 0 Å². The summed E-state index contributed by atoms with van der Waals surface area (Å²) in [6.45, 7) is 4.47. The van der Waals surface area contributed by atoms with Crippen molar-refractivity contribution < 1.29 is 14.3 Å². The first-order valence-corrected chi connectivity index (χ1v) is 8.18. The molecule has 1 aromatic carbocycles. The lowest BCUT2D eigenvalue weighted by Gasteiger charge is -2.15. The molecule has 1 unspecified atom stereocenters. The zero-order valence-electron chi connectivity index (χ0n) is 12.8. The first-order chi connectivity index (χ1) is 10.2. The Morgan fingerprint density at radius 1 is 1.24 bits per heavy atom. The smallest absolute Gasteiger partial charge is 0.260 e. The van der Waals surface area contributed by atoms with Crippen molar-refractivity contribution in [3.8, 4) is 5.75 Å². The normalized spacial score (nSPS) is 12.0. The van der Waals surface area contributed by atoms with E-state index in [2.05, 4.69) is 10.6 Å². The van der Waals surface area contributed by atoms with Gasteiger partial charge in [0.05, 0.1) is 6.61 Å². The van der Waals surface area contributed by atoms with E-state index in [1.54, 1.807) is 25.8 Å². The SMILES string of the molecule is COCCNCCNC(=O)C(C)Oc1ccc(SC)cc1. The summed E-state index contributed by atoms with van der Waals surface area (Å²) >= 11 is 1.67. The largest absolute Gasteiger partial charge is 0.481 e. The zero-order valence-corrected chi connectivity index (χ0v) is 13.7. The zero-order chi connectivity index (χ0) is 15.5. The number of hydrogen-bond donors (Lipinski definition) is 2. The van der Waals surface area contributed by atoms with Gasteiger partial charge in [-0.25, -0.2) is 0 Å². The van der Waals surface area contributed by atoms with Crippen LogP contribution in [0, 0.1) is 0 Å². The van der Waals surface area contributed by atoms with Gasteiger partial charge in [-0.2, -0.15) is 0 Å². The summed E-state index contributed by atoms with van der Waals surface area (Å²) in [5.41, 5.74) is 0. The lowest BCUT2D eigenvalue weighted by molar-refractivity contribution is -0.127. The van der Waals surface area contributed by atoms with Crippen LogP contribution in [0.2, 0.25) is 0 Å². The molecule has 1 amide bonds. The van der Waals surface area contributed by atoms with Crippen molar-refractivity contribution >= 4 is 17.7 Å². The average Bonchev–Trinajstić information content (AvgIpc) is 2.51. The Hall–Kier alpha value is -1.24. The van der Waals surface area contributed by atoms with Gasteiger partial charge in [-0.1, -0.05) is 0 Å². The number of benzene rings is 1. The summed E-state index contributed by atoms with van der Waals surface area (Å²) < 4.78 is 10.5. The van der Waals surface area contributed by atoms with Crippen LogP contribution in [0.1, 0.15) is 6.92 Å². The van der Waals surface area contributed by atoms with Gasteiger partial charge in [-0.05, 0) is 37.4 Å². The fraction of sp³-hybridized carbons (Fsp3) is 0.533. The van der Waals surface area contributed by atoms with Crippen molar-refractivity contribution in [3.63, 3.8) is 0 Å². The van der Waals surface area contributed by atoms with E-state index in [4.69, 9.17) is 9.47 Å². The van der Waals surface area contributed by atoms with E-state index >= 15 is 0 Å². The highest BCUT2D eigenvalue weighted by molar-refractivity contribution is 7.98. The van der Waals surface area contributed by atoms with Gasteiger partial charge >= 0.3 is 0 Å². The summed E-state index contributed by atoms with van der Waals surface area (Å²) in [6, 6.07) is 7.71. The molecule has 0 fully saturated rings. The van der Waals surface area contributed by atoms with Crippen LogP contribution >= 0.6 is 11.8 Å². The molecular weight excluding hydrogens is 288 g/mol. The molecular formula is C15H24N2O3S. The van der Waals surface area contributed by atoms with Crippen LogP contribution in [-0.4, -0.2) is 51.6 Å². The van der Waals surface area contributed by atoms with Crippen molar-refractivity contribution in [2.75, 3.05) is 39.6 Å². The fourth-order valence-electron chi connectivity index (χ4n) is 1.63. The predicted molar refractivity (Wildman–Crippen MR) is 86.1 cm³/mol. The molecule has 1 atom stereocenters. The van der Waals surface area contributed by atoms with E-state index in [-0.39, 0.29) is 5.91 Å².